The predicted molar refractivity (Wildman–Crippen MR) is 48.7 cm³/mol. The summed E-state index contributed by atoms with van der Waals surface area (Å²) in [5.41, 5.74) is 1.06. The standard InChI is InChI=1S/C8H9N3S/c1-6-5-12-8(10-6)11-4-3-9-7(11)2/h3-5H,1-2H3. The summed E-state index contributed by atoms with van der Waals surface area (Å²) < 4.78 is 1.98. The molecule has 0 bridgehead atoms. The molecule has 2 rings (SSSR count). The molecule has 2 aromatic rings. The van der Waals surface area contributed by atoms with Crippen LogP contribution in [0.15, 0.2) is 17.8 Å². The van der Waals surface area contributed by atoms with Crippen molar-refractivity contribution in [3.8, 4) is 5.13 Å². The summed E-state index contributed by atoms with van der Waals surface area (Å²) >= 11 is 1.63. The highest BCUT2D eigenvalue weighted by atomic mass is 32.1. The van der Waals surface area contributed by atoms with Gasteiger partial charge in [-0.1, -0.05) is 0 Å². The second kappa shape index (κ2) is 2.71. The van der Waals surface area contributed by atoms with Gasteiger partial charge in [0.1, 0.15) is 5.82 Å². The molecule has 2 heterocycles. The van der Waals surface area contributed by atoms with Crippen molar-refractivity contribution in [2.75, 3.05) is 0 Å². The van der Waals surface area contributed by atoms with E-state index in [-0.39, 0.29) is 0 Å². The highest BCUT2D eigenvalue weighted by Crippen LogP contribution is 2.15. The van der Waals surface area contributed by atoms with Gasteiger partial charge in [0.25, 0.3) is 0 Å². The van der Waals surface area contributed by atoms with Crippen LogP contribution in [-0.4, -0.2) is 14.5 Å². The van der Waals surface area contributed by atoms with Crippen LogP contribution in [-0.2, 0) is 0 Å². The van der Waals surface area contributed by atoms with Crippen molar-refractivity contribution in [3.05, 3.63) is 29.3 Å². The maximum absolute atomic E-state index is 4.36. The third-order valence-corrected chi connectivity index (χ3v) is 2.60. The summed E-state index contributed by atoms with van der Waals surface area (Å²) in [6.45, 7) is 3.96. The lowest BCUT2D eigenvalue weighted by Crippen LogP contribution is -1.94. The molecule has 0 aromatic carbocycles. The van der Waals surface area contributed by atoms with Gasteiger partial charge in [0.05, 0.1) is 5.69 Å². The van der Waals surface area contributed by atoms with Crippen LogP contribution in [0.4, 0.5) is 0 Å². The molecular formula is C8H9N3S. The molecule has 0 amide bonds. The van der Waals surface area contributed by atoms with E-state index in [9.17, 15) is 0 Å². The second-order valence-electron chi connectivity index (χ2n) is 2.62. The van der Waals surface area contributed by atoms with E-state index in [0.29, 0.717) is 0 Å². The zero-order valence-electron chi connectivity index (χ0n) is 6.98. The maximum atomic E-state index is 4.36. The topological polar surface area (TPSA) is 30.7 Å². The summed E-state index contributed by atoms with van der Waals surface area (Å²) in [4.78, 5) is 8.49. The minimum atomic E-state index is 0.976. The number of aromatic nitrogens is 3. The minimum Gasteiger partial charge on any atom is -0.279 e. The Labute approximate surface area is 74.7 Å². The monoisotopic (exact) mass is 179 g/mol. The van der Waals surface area contributed by atoms with E-state index in [1.165, 1.54) is 0 Å². The van der Waals surface area contributed by atoms with Crippen LogP contribution in [0, 0.1) is 13.8 Å². The molecule has 12 heavy (non-hydrogen) atoms. The molecule has 3 nitrogen and oxygen atoms in total. The summed E-state index contributed by atoms with van der Waals surface area (Å²) in [6.07, 6.45) is 3.71. The zero-order chi connectivity index (χ0) is 8.55. The van der Waals surface area contributed by atoms with E-state index in [0.717, 1.165) is 16.6 Å². The first-order valence-corrected chi connectivity index (χ1v) is 4.58. The van der Waals surface area contributed by atoms with Crippen LogP contribution in [0.2, 0.25) is 0 Å². The summed E-state index contributed by atoms with van der Waals surface area (Å²) in [5, 5.41) is 3.02. The van der Waals surface area contributed by atoms with Crippen molar-refractivity contribution >= 4 is 11.3 Å². The maximum Gasteiger partial charge on any atom is 0.195 e. The smallest absolute Gasteiger partial charge is 0.195 e. The molecule has 0 spiro atoms. The molecule has 0 fully saturated rings. The number of hydrogen-bond donors (Lipinski definition) is 0. The zero-order valence-corrected chi connectivity index (χ0v) is 7.80. The number of rotatable bonds is 1. The number of imidazole rings is 1. The highest BCUT2D eigenvalue weighted by Gasteiger charge is 2.02. The third-order valence-electron chi connectivity index (χ3n) is 1.64. The molecule has 62 valence electrons. The van der Waals surface area contributed by atoms with Crippen LogP contribution >= 0.6 is 11.3 Å². The van der Waals surface area contributed by atoms with Gasteiger partial charge in [-0.05, 0) is 13.8 Å². The average Bonchev–Trinajstić information content (AvgIpc) is 2.58. The lowest BCUT2D eigenvalue weighted by atomic mass is 10.6. The Morgan fingerprint density at radius 2 is 2.25 bits per heavy atom. The first kappa shape index (κ1) is 7.49. The van der Waals surface area contributed by atoms with E-state index >= 15 is 0 Å². The third kappa shape index (κ3) is 1.14. The Morgan fingerprint density at radius 3 is 2.75 bits per heavy atom. The Morgan fingerprint density at radius 1 is 1.42 bits per heavy atom. The Kier molecular flexibility index (Phi) is 1.69. The number of thiazole rings is 1. The fraction of sp³-hybridized carbons (Fsp3) is 0.250. The van der Waals surface area contributed by atoms with Gasteiger partial charge in [-0.2, -0.15) is 0 Å². The first-order chi connectivity index (χ1) is 5.77. The quantitative estimate of drug-likeness (QED) is 0.669. The SMILES string of the molecule is Cc1csc(-n2ccnc2C)n1. The van der Waals surface area contributed by atoms with Crippen molar-refractivity contribution < 1.29 is 0 Å². The van der Waals surface area contributed by atoms with Crippen molar-refractivity contribution in [2.24, 2.45) is 0 Å². The van der Waals surface area contributed by atoms with Gasteiger partial charge >= 0.3 is 0 Å². The van der Waals surface area contributed by atoms with Gasteiger partial charge in [-0.3, -0.25) is 4.57 Å². The number of hydrogen-bond acceptors (Lipinski definition) is 3. The number of aryl methyl sites for hydroxylation is 2. The summed E-state index contributed by atoms with van der Waals surface area (Å²) in [7, 11) is 0. The highest BCUT2D eigenvalue weighted by molar-refractivity contribution is 7.12. The molecule has 0 N–H and O–H groups in total. The Hall–Kier alpha value is -1.16. The molecule has 4 heteroatoms. The van der Waals surface area contributed by atoms with Crippen molar-refractivity contribution in [1.82, 2.24) is 14.5 Å². The van der Waals surface area contributed by atoms with E-state index in [2.05, 4.69) is 9.97 Å². The van der Waals surface area contributed by atoms with Crippen molar-refractivity contribution in [1.29, 1.82) is 0 Å². The summed E-state index contributed by atoms with van der Waals surface area (Å²) in [5.74, 6) is 0.976. The normalized spacial score (nSPS) is 10.5. The van der Waals surface area contributed by atoms with Gasteiger partial charge in [0, 0.05) is 17.8 Å². The van der Waals surface area contributed by atoms with Gasteiger partial charge in [0.2, 0.25) is 0 Å². The molecule has 0 atom stereocenters. The van der Waals surface area contributed by atoms with E-state index in [4.69, 9.17) is 0 Å². The fourth-order valence-electron chi connectivity index (χ4n) is 1.03. The molecule has 2 aromatic heterocycles. The number of nitrogens with zero attached hydrogens (tertiary/aromatic N) is 3. The van der Waals surface area contributed by atoms with Crippen molar-refractivity contribution in [2.45, 2.75) is 13.8 Å². The van der Waals surface area contributed by atoms with E-state index < -0.39 is 0 Å². The first-order valence-electron chi connectivity index (χ1n) is 3.70. The molecule has 0 radical (unpaired) electrons. The second-order valence-corrected chi connectivity index (χ2v) is 3.45. The van der Waals surface area contributed by atoms with Crippen LogP contribution in [0.3, 0.4) is 0 Å². The van der Waals surface area contributed by atoms with Gasteiger partial charge in [-0.15, -0.1) is 11.3 Å². The molecular weight excluding hydrogens is 170 g/mol. The lowest BCUT2D eigenvalue weighted by Gasteiger charge is -1.96. The van der Waals surface area contributed by atoms with Gasteiger partial charge < -0.3 is 0 Å². The largest absolute Gasteiger partial charge is 0.279 e. The molecule has 0 aliphatic rings. The van der Waals surface area contributed by atoms with Crippen LogP contribution < -0.4 is 0 Å². The lowest BCUT2D eigenvalue weighted by molar-refractivity contribution is 0.953. The van der Waals surface area contributed by atoms with E-state index in [1.54, 1.807) is 17.5 Å². The fourth-order valence-corrected chi connectivity index (χ4v) is 1.86. The molecule has 0 saturated heterocycles. The molecule has 0 saturated carbocycles. The Bertz CT molecular complexity index is 388. The summed E-state index contributed by atoms with van der Waals surface area (Å²) in [6, 6.07) is 0. The van der Waals surface area contributed by atoms with Crippen LogP contribution in [0.5, 0.6) is 0 Å². The molecule has 0 unspecified atom stereocenters. The molecule has 0 aliphatic carbocycles. The predicted octanol–water partition coefficient (Wildman–Crippen LogP) is 1.95. The van der Waals surface area contributed by atoms with Gasteiger partial charge in [-0.25, -0.2) is 9.97 Å². The van der Waals surface area contributed by atoms with Crippen LogP contribution in [0.25, 0.3) is 5.13 Å². The minimum absolute atomic E-state index is 0.976. The average molecular weight is 179 g/mol. The molecule has 0 aliphatic heterocycles. The van der Waals surface area contributed by atoms with E-state index in [1.807, 2.05) is 30.0 Å². The van der Waals surface area contributed by atoms with Gasteiger partial charge in [0.15, 0.2) is 5.13 Å². The van der Waals surface area contributed by atoms with Crippen molar-refractivity contribution in [3.63, 3.8) is 0 Å². The van der Waals surface area contributed by atoms with Crippen LogP contribution in [0.1, 0.15) is 11.5 Å². The Balaban J connectivity index is 2.50.